The maximum atomic E-state index is 12.3. The smallest absolute Gasteiger partial charge is 0.252 e. The van der Waals surface area contributed by atoms with Gasteiger partial charge in [0.2, 0.25) is 5.95 Å². The van der Waals surface area contributed by atoms with E-state index in [1.165, 1.54) is 0 Å². The molecule has 7 heteroatoms. The number of piperidine rings is 1. The number of ether oxygens (including phenoxy) is 2. The molecule has 2 fully saturated rings. The zero-order chi connectivity index (χ0) is 21.6. The highest BCUT2D eigenvalue weighted by Crippen LogP contribution is 2.31. The van der Waals surface area contributed by atoms with Crippen molar-refractivity contribution in [3.05, 3.63) is 45.9 Å². The Kier molecular flexibility index (Phi) is 6.78. The van der Waals surface area contributed by atoms with E-state index in [1.807, 2.05) is 12.1 Å². The molecule has 2 aromatic rings. The predicted octanol–water partition coefficient (Wildman–Crippen LogP) is 2.77. The van der Waals surface area contributed by atoms with Crippen molar-refractivity contribution >= 4 is 5.95 Å². The van der Waals surface area contributed by atoms with Gasteiger partial charge in [-0.05, 0) is 49.9 Å². The summed E-state index contributed by atoms with van der Waals surface area (Å²) in [6.07, 6.45) is 9.72. The molecule has 1 atom stereocenters. The summed E-state index contributed by atoms with van der Waals surface area (Å²) >= 11 is 0. The van der Waals surface area contributed by atoms with Crippen LogP contribution in [0.5, 0.6) is 11.5 Å². The van der Waals surface area contributed by atoms with Crippen LogP contribution in [0.3, 0.4) is 0 Å². The highest BCUT2D eigenvalue weighted by atomic mass is 16.5. The van der Waals surface area contributed by atoms with Gasteiger partial charge in [0.1, 0.15) is 6.61 Å². The maximum absolute atomic E-state index is 12.3. The SMILES string of the molecule is C#CCOc1ccc(CN2CCCC(c3cc(=O)[nH]c(N4CCCC4)n3)C2)cc1OC. The monoisotopic (exact) mass is 422 g/mol. The molecular formula is C24H30N4O3. The molecule has 0 spiro atoms. The van der Waals surface area contributed by atoms with E-state index >= 15 is 0 Å². The van der Waals surface area contributed by atoms with Crippen LogP contribution in [0.1, 0.15) is 42.9 Å². The third-order valence-corrected chi connectivity index (χ3v) is 6.02. The number of nitrogens with zero attached hydrogens (tertiary/aromatic N) is 3. The van der Waals surface area contributed by atoms with E-state index in [2.05, 4.69) is 26.8 Å². The minimum Gasteiger partial charge on any atom is -0.493 e. The van der Waals surface area contributed by atoms with Gasteiger partial charge in [-0.2, -0.15) is 0 Å². The number of anilines is 1. The Morgan fingerprint density at radius 1 is 1.19 bits per heavy atom. The van der Waals surface area contributed by atoms with E-state index in [0.29, 0.717) is 11.5 Å². The fourth-order valence-corrected chi connectivity index (χ4v) is 4.50. The molecule has 2 saturated heterocycles. The van der Waals surface area contributed by atoms with Gasteiger partial charge in [-0.1, -0.05) is 12.0 Å². The molecule has 7 nitrogen and oxygen atoms in total. The summed E-state index contributed by atoms with van der Waals surface area (Å²) in [5.41, 5.74) is 2.00. The average molecular weight is 423 g/mol. The number of H-pyrrole nitrogens is 1. The van der Waals surface area contributed by atoms with Crippen molar-refractivity contribution < 1.29 is 9.47 Å². The largest absolute Gasteiger partial charge is 0.493 e. The van der Waals surface area contributed by atoms with E-state index in [1.54, 1.807) is 13.2 Å². The Bertz CT molecular complexity index is 991. The number of aromatic nitrogens is 2. The number of benzene rings is 1. The zero-order valence-electron chi connectivity index (χ0n) is 18.1. The van der Waals surface area contributed by atoms with Gasteiger partial charge in [0.25, 0.3) is 5.56 Å². The summed E-state index contributed by atoms with van der Waals surface area (Å²) in [7, 11) is 1.63. The highest BCUT2D eigenvalue weighted by Gasteiger charge is 2.25. The Morgan fingerprint density at radius 2 is 2.03 bits per heavy atom. The van der Waals surface area contributed by atoms with Crippen molar-refractivity contribution in [1.82, 2.24) is 14.9 Å². The molecule has 1 aromatic heterocycles. The lowest BCUT2D eigenvalue weighted by Crippen LogP contribution is -2.35. The highest BCUT2D eigenvalue weighted by molar-refractivity contribution is 5.43. The van der Waals surface area contributed by atoms with Crippen molar-refractivity contribution in [3.63, 3.8) is 0 Å². The lowest BCUT2D eigenvalue weighted by Gasteiger charge is -2.32. The first-order valence-electron chi connectivity index (χ1n) is 11.0. The zero-order valence-corrected chi connectivity index (χ0v) is 18.1. The summed E-state index contributed by atoms with van der Waals surface area (Å²) in [6.45, 7) is 4.86. The molecule has 3 heterocycles. The molecule has 164 valence electrons. The summed E-state index contributed by atoms with van der Waals surface area (Å²) in [6, 6.07) is 7.64. The van der Waals surface area contributed by atoms with Gasteiger partial charge in [-0.15, -0.1) is 6.42 Å². The van der Waals surface area contributed by atoms with Crippen molar-refractivity contribution in [2.45, 2.75) is 38.1 Å². The molecule has 2 aliphatic heterocycles. The molecule has 0 bridgehead atoms. The second kappa shape index (κ2) is 9.88. The van der Waals surface area contributed by atoms with Crippen molar-refractivity contribution in [1.29, 1.82) is 0 Å². The van der Waals surface area contributed by atoms with Gasteiger partial charge < -0.3 is 14.4 Å². The number of methoxy groups -OCH3 is 1. The molecule has 31 heavy (non-hydrogen) atoms. The van der Waals surface area contributed by atoms with Crippen LogP contribution in [-0.2, 0) is 6.54 Å². The van der Waals surface area contributed by atoms with Crippen molar-refractivity contribution in [2.75, 3.05) is 44.8 Å². The molecule has 1 aromatic carbocycles. The number of nitrogens with one attached hydrogen (secondary N) is 1. The van der Waals surface area contributed by atoms with Crippen LogP contribution in [-0.4, -0.2) is 54.8 Å². The molecule has 4 rings (SSSR count). The van der Waals surface area contributed by atoms with Crippen LogP contribution in [0.4, 0.5) is 5.95 Å². The average Bonchev–Trinajstić information content (AvgIpc) is 3.33. The number of hydrogen-bond donors (Lipinski definition) is 1. The molecule has 0 radical (unpaired) electrons. The number of rotatable bonds is 7. The van der Waals surface area contributed by atoms with E-state index < -0.39 is 0 Å². The third kappa shape index (κ3) is 5.20. The first kappa shape index (κ1) is 21.3. The van der Waals surface area contributed by atoms with Gasteiger partial charge in [0, 0.05) is 38.2 Å². The van der Waals surface area contributed by atoms with E-state index in [0.717, 1.165) is 75.6 Å². The van der Waals surface area contributed by atoms with Gasteiger partial charge in [0.05, 0.1) is 12.8 Å². The topological polar surface area (TPSA) is 70.7 Å². The second-order valence-electron chi connectivity index (χ2n) is 8.24. The Hall–Kier alpha value is -2.98. The second-order valence-corrected chi connectivity index (χ2v) is 8.24. The van der Waals surface area contributed by atoms with E-state index in [-0.39, 0.29) is 18.1 Å². The Balaban J connectivity index is 1.46. The number of likely N-dealkylation sites (tertiary alicyclic amines) is 1. The molecule has 0 saturated carbocycles. The minimum atomic E-state index is -0.0590. The van der Waals surface area contributed by atoms with Gasteiger partial charge >= 0.3 is 0 Å². The number of terminal acetylenes is 1. The van der Waals surface area contributed by atoms with Crippen LogP contribution < -0.4 is 19.9 Å². The fourth-order valence-electron chi connectivity index (χ4n) is 4.50. The third-order valence-electron chi connectivity index (χ3n) is 6.02. The molecule has 1 unspecified atom stereocenters. The van der Waals surface area contributed by atoms with Crippen LogP contribution in [0.25, 0.3) is 0 Å². The van der Waals surface area contributed by atoms with Crippen molar-refractivity contribution in [2.24, 2.45) is 0 Å². The standard InChI is InChI=1S/C24H30N4O3/c1-3-13-31-21-9-8-18(14-22(21)30-2)16-27-10-6-7-19(17-27)20-15-23(29)26-24(25-20)28-11-4-5-12-28/h1,8-9,14-15,19H,4-7,10-13,16-17H2,2H3,(H,25,26,29). The Labute approximate surface area is 183 Å². The number of aromatic amines is 1. The molecule has 0 amide bonds. The molecular weight excluding hydrogens is 392 g/mol. The van der Waals surface area contributed by atoms with Crippen LogP contribution in [0.15, 0.2) is 29.1 Å². The minimum absolute atomic E-state index is 0.0590. The lowest BCUT2D eigenvalue weighted by atomic mass is 9.94. The summed E-state index contributed by atoms with van der Waals surface area (Å²) in [4.78, 5) is 24.6. The van der Waals surface area contributed by atoms with E-state index in [4.69, 9.17) is 20.9 Å². The molecule has 2 aliphatic rings. The van der Waals surface area contributed by atoms with Crippen LogP contribution >= 0.6 is 0 Å². The fraction of sp³-hybridized carbons (Fsp3) is 0.500. The normalized spacial score (nSPS) is 19.2. The molecule has 0 aliphatic carbocycles. The first-order valence-corrected chi connectivity index (χ1v) is 11.0. The lowest BCUT2D eigenvalue weighted by molar-refractivity contribution is 0.198. The first-order chi connectivity index (χ1) is 15.2. The van der Waals surface area contributed by atoms with E-state index in [9.17, 15) is 4.79 Å². The number of hydrogen-bond acceptors (Lipinski definition) is 6. The van der Waals surface area contributed by atoms with Crippen molar-refractivity contribution in [3.8, 4) is 23.8 Å². The predicted molar refractivity (Wildman–Crippen MR) is 121 cm³/mol. The summed E-state index contributed by atoms with van der Waals surface area (Å²) < 4.78 is 11.0. The summed E-state index contributed by atoms with van der Waals surface area (Å²) in [5.74, 6) is 4.81. The quantitative estimate of drug-likeness (QED) is 0.692. The summed E-state index contributed by atoms with van der Waals surface area (Å²) in [5, 5.41) is 0. The van der Waals surface area contributed by atoms with Crippen LogP contribution in [0, 0.1) is 12.3 Å². The molecule has 1 N–H and O–H groups in total. The van der Waals surface area contributed by atoms with Crippen LogP contribution in [0.2, 0.25) is 0 Å². The van der Waals surface area contributed by atoms with Gasteiger partial charge in [0.15, 0.2) is 11.5 Å². The Morgan fingerprint density at radius 3 is 2.81 bits per heavy atom. The van der Waals surface area contributed by atoms with Gasteiger partial charge in [-0.25, -0.2) is 4.98 Å². The van der Waals surface area contributed by atoms with Gasteiger partial charge in [-0.3, -0.25) is 14.7 Å². The maximum Gasteiger partial charge on any atom is 0.252 e.